The first-order valence-corrected chi connectivity index (χ1v) is 11.0. The number of pyridine rings is 1. The molecule has 0 bridgehead atoms. The lowest BCUT2D eigenvalue weighted by Crippen LogP contribution is -2.15. The Morgan fingerprint density at radius 2 is 1.90 bits per heavy atom. The molecule has 0 aliphatic rings. The molecule has 0 fully saturated rings. The van der Waals surface area contributed by atoms with Gasteiger partial charge in [0.15, 0.2) is 4.90 Å². The molecule has 0 radical (unpaired) electrons. The first kappa shape index (κ1) is 20.8. The van der Waals surface area contributed by atoms with Crippen molar-refractivity contribution >= 4 is 44.2 Å². The van der Waals surface area contributed by atoms with Crippen LogP contribution in [0.25, 0.3) is 22.0 Å². The minimum absolute atomic E-state index is 0.0421. The molecule has 0 saturated carbocycles. The summed E-state index contributed by atoms with van der Waals surface area (Å²) in [5.74, 6) is 0.165. The number of rotatable bonds is 5. The third-order valence-electron chi connectivity index (χ3n) is 4.76. The van der Waals surface area contributed by atoms with Gasteiger partial charge in [-0.1, -0.05) is 29.8 Å². The van der Waals surface area contributed by atoms with E-state index < -0.39 is 10.0 Å². The molecule has 2 aromatic heterocycles. The Balaban J connectivity index is 1.75. The predicted octanol–water partition coefficient (Wildman–Crippen LogP) is 4.05. The summed E-state index contributed by atoms with van der Waals surface area (Å²) in [4.78, 5) is 12.0. The molecule has 2 aromatic carbocycles. The highest BCUT2D eigenvalue weighted by Crippen LogP contribution is 2.33. The molecule has 4 rings (SSSR count). The molecule has 0 amide bonds. The second kappa shape index (κ2) is 8.01. The highest BCUT2D eigenvalue weighted by Gasteiger charge is 2.22. The number of nitrogens with zero attached hydrogens (tertiary/aromatic N) is 3. The van der Waals surface area contributed by atoms with Crippen LogP contribution < -0.4 is 15.2 Å². The van der Waals surface area contributed by atoms with Gasteiger partial charge in [0.05, 0.1) is 23.3 Å². The van der Waals surface area contributed by atoms with Gasteiger partial charge < -0.3 is 10.5 Å². The number of hydrogen-bond acceptors (Lipinski definition) is 7. The molecule has 3 N–H and O–H groups in total. The van der Waals surface area contributed by atoms with Crippen molar-refractivity contribution in [3.63, 3.8) is 0 Å². The van der Waals surface area contributed by atoms with E-state index in [0.717, 1.165) is 27.6 Å². The van der Waals surface area contributed by atoms with E-state index in [-0.39, 0.29) is 21.7 Å². The summed E-state index contributed by atoms with van der Waals surface area (Å²) >= 11 is 5.95. The lowest BCUT2D eigenvalue weighted by Gasteiger charge is -2.15. The van der Waals surface area contributed by atoms with E-state index in [4.69, 9.17) is 22.1 Å². The number of sulfonamides is 1. The van der Waals surface area contributed by atoms with E-state index in [0.29, 0.717) is 5.69 Å². The fourth-order valence-corrected chi connectivity index (χ4v) is 4.72. The summed E-state index contributed by atoms with van der Waals surface area (Å²) in [5, 5.41) is 1.01. The standard InChI is InChI=1S/C21H18ClN5O3S/c1-12-16(13-6-7-18-14(8-13)10-25-21(23)26-18)4-3-5-17(12)27-31(28,29)19-9-15(22)11-24-20(19)30-2/h3-11,27H,1-2H3,(H2,23,25,26). The van der Waals surface area contributed by atoms with E-state index in [2.05, 4.69) is 19.7 Å². The number of halogens is 1. The Labute approximate surface area is 184 Å². The number of fused-ring (bicyclic) bond motifs is 1. The van der Waals surface area contributed by atoms with Gasteiger partial charge in [-0.15, -0.1) is 0 Å². The molecule has 2 heterocycles. The molecule has 10 heteroatoms. The van der Waals surface area contributed by atoms with Crippen LogP contribution in [-0.2, 0) is 10.0 Å². The van der Waals surface area contributed by atoms with Crippen molar-refractivity contribution in [3.05, 3.63) is 65.4 Å². The van der Waals surface area contributed by atoms with Gasteiger partial charge in [0.25, 0.3) is 10.0 Å². The van der Waals surface area contributed by atoms with E-state index >= 15 is 0 Å². The number of aromatic nitrogens is 3. The highest BCUT2D eigenvalue weighted by molar-refractivity contribution is 7.92. The van der Waals surface area contributed by atoms with Crippen LogP contribution in [0.4, 0.5) is 11.6 Å². The third-order valence-corrected chi connectivity index (χ3v) is 6.32. The van der Waals surface area contributed by atoms with Crippen molar-refractivity contribution in [2.75, 3.05) is 17.6 Å². The van der Waals surface area contributed by atoms with Crippen LogP contribution in [0.1, 0.15) is 5.56 Å². The number of methoxy groups -OCH3 is 1. The van der Waals surface area contributed by atoms with Gasteiger partial charge in [0, 0.05) is 17.8 Å². The quantitative estimate of drug-likeness (QED) is 0.465. The van der Waals surface area contributed by atoms with Gasteiger partial charge in [-0.2, -0.15) is 0 Å². The monoisotopic (exact) mass is 455 g/mol. The van der Waals surface area contributed by atoms with E-state index in [9.17, 15) is 8.42 Å². The number of ether oxygens (including phenoxy) is 1. The Bertz CT molecular complexity index is 1410. The number of anilines is 2. The molecule has 0 aliphatic heterocycles. The first-order chi connectivity index (χ1) is 14.8. The molecule has 0 atom stereocenters. The summed E-state index contributed by atoms with van der Waals surface area (Å²) in [6.45, 7) is 1.84. The summed E-state index contributed by atoms with van der Waals surface area (Å²) < 4.78 is 33.7. The Kier molecular flexibility index (Phi) is 5.38. The van der Waals surface area contributed by atoms with Crippen molar-refractivity contribution in [3.8, 4) is 17.0 Å². The number of nitrogens with one attached hydrogen (secondary N) is 1. The fraction of sp³-hybridized carbons (Fsp3) is 0.0952. The van der Waals surface area contributed by atoms with Crippen LogP contribution in [0.15, 0.2) is 59.8 Å². The number of nitrogens with two attached hydrogens (primary N) is 1. The molecule has 0 saturated heterocycles. The average Bonchev–Trinajstić information content (AvgIpc) is 2.75. The smallest absolute Gasteiger partial charge is 0.267 e. The van der Waals surface area contributed by atoms with Gasteiger partial charge in [-0.3, -0.25) is 4.72 Å². The fourth-order valence-electron chi connectivity index (χ4n) is 3.23. The predicted molar refractivity (Wildman–Crippen MR) is 121 cm³/mol. The first-order valence-electron chi connectivity index (χ1n) is 9.13. The SMILES string of the molecule is COc1ncc(Cl)cc1S(=O)(=O)Nc1cccc(-c2ccc3nc(N)ncc3c2)c1C. The van der Waals surface area contributed by atoms with Crippen LogP contribution in [0.2, 0.25) is 5.02 Å². The van der Waals surface area contributed by atoms with Crippen LogP contribution in [0.3, 0.4) is 0 Å². The van der Waals surface area contributed by atoms with Crippen LogP contribution in [0, 0.1) is 6.92 Å². The maximum Gasteiger partial charge on any atom is 0.267 e. The topological polar surface area (TPSA) is 120 Å². The zero-order valence-electron chi connectivity index (χ0n) is 16.6. The van der Waals surface area contributed by atoms with Gasteiger partial charge in [-0.05, 0) is 47.9 Å². The van der Waals surface area contributed by atoms with Gasteiger partial charge >= 0.3 is 0 Å². The van der Waals surface area contributed by atoms with E-state index in [1.54, 1.807) is 18.3 Å². The summed E-state index contributed by atoms with van der Waals surface area (Å²) in [7, 11) is -2.65. The van der Waals surface area contributed by atoms with Crippen LogP contribution in [-0.4, -0.2) is 30.5 Å². The maximum atomic E-state index is 13.0. The van der Waals surface area contributed by atoms with Crippen LogP contribution in [0.5, 0.6) is 5.88 Å². The lowest BCUT2D eigenvalue weighted by atomic mass is 9.98. The average molecular weight is 456 g/mol. The molecule has 158 valence electrons. The van der Waals surface area contributed by atoms with Gasteiger partial charge in [0.2, 0.25) is 11.8 Å². The third kappa shape index (κ3) is 4.10. The molecule has 0 unspecified atom stereocenters. The number of benzene rings is 2. The molecular formula is C21H18ClN5O3S. The Morgan fingerprint density at radius 3 is 2.68 bits per heavy atom. The Hall–Kier alpha value is -3.43. The van der Waals surface area contributed by atoms with Crippen molar-refractivity contribution in [2.45, 2.75) is 11.8 Å². The lowest BCUT2D eigenvalue weighted by molar-refractivity contribution is 0.385. The molecule has 4 aromatic rings. The minimum Gasteiger partial charge on any atom is -0.480 e. The van der Waals surface area contributed by atoms with Crippen molar-refractivity contribution < 1.29 is 13.2 Å². The highest BCUT2D eigenvalue weighted by atomic mass is 35.5. The van der Waals surface area contributed by atoms with Gasteiger partial charge in [0.1, 0.15) is 0 Å². The largest absolute Gasteiger partial charge is 0.480 e. The van der Waals surface area contributed by atoms with Crippen molar-refractivity contribution in [1.29, 1.82) is 0 Å². The molecule has 8 nitrogen and oxygen atoms in total. The normalized spacial score (nSPS) is 11.5. The van der Waals surface area contributed by atoms with Crippen molar-refractivity contribution in [1.82, 2.24) is 15.0 Å². The van der Waals surface area contributed by atoms with Crippen LogP contribution >= 0.6 is 11.6 Å². The molecule has 0 spiro atoms. The molecule has 31 heavy (non-hydrogen) atoms. The zero-order valence-corrected chi connectivity index (χ0v) is 18.2. The Morgan fingerprint density at radius 1 is 1.10 bits per heavy atom. The van der Waals surface area contributed by atoms with Gasteiger partial charge in [-0.25, -0.2) is 23.4 Å². The number of nitrogen functional groups attached to an aromatic ring is 1. The zero-order chi connectivity index (χ0) is 22.2. The maximum absolute atomic E-state index is 13.0. The molecule has 0 aliphatic carbocycles. The van der Waals surface area contributed by atoms with Crippen molar-refractivity contribution in [2.24, 2.45) is 0 Å². The number of hydrogen-bond donors (Lipinski definition) is 2. The molecular weight excluding hydrogens is 438 g/mol. The van der Waals surface area contributed by atoms with E-state index in [1.165, 1.54) is 19.4 Å². The summed E-state index contributed by atoms with van der Waals surface area (Å²) in [6, 6.07) is 12.3. The summed E-state index contributed by atoms with van der Waals surface area (Å²) in [6.07, 6.45) is 2.98. The minimum atomic E-state index is -4.00. The van der Waals surface area contributed by atoms with E-state index in [1.807, 2.05) is 31.2 Å². The second-order valence-electron chi connectivity index (χ2n) is 6.75. The second-order valence-corrected chi connectivity index (χ2v) is 8.83. The summed E-state index contributed by atoms with van der Waals surface area (Å²) in [5.41, 5.74) is 9.29.